The van der Waals surface area contributed by atoms with Crippen LogP contribution in [0.4, 0.5) is 0 Å². The second-order valence-electron chi connectivity index (χ2n) is 4.33. The monoisotopic (exact) mass is 221 g/mol. The summed E-state index contributed by atoms with van der Waals surface area (Å²) >= 11 is 1.98. The predicted octanol–water partition coefficient (Wildman–Crippen LogP) is 2.87. The third-order valence-corrected chi connectivity index (χ3v) is 3.83. The maximum absolute atomic E-state index is 2.58. The lowest BCUT2D eigenvalue weighted by molar-refractivity contribution is 0.321. The quantitative estimate of drug-likeness (QED) is 0.769. The van der Waals surface area contributed by atoms with Crippen LogP contribution in [0.2, 0.25) is 0 Å². The highest BCUT2D eigenvalue weighted by Crippen LogP contribution is 2.21. The van der Waals surface area contributed by atoms with Gasteiger partial charge in [0, 0.05) is 13.1 Å². The summed E-state index contributed by atoms with van der Waals surface area (Å²) in [5, 5.41) is 0. The molecule has 15 heavy (non-hydrogen) atoms. The van der Waals surface area contributed by atoms with Crippen molar-refractivity contribution >= 4 is 11.8 Å². The highest BCUT2D eigenvalue weighted by atomic mass is 32.2. The number of benzene rings is 1. The van der Waals surface area contributed by atoms with Gasteiger partial charge in [-0.2, -0.15) is 11.8 Å². The van der Waals surface area contributed by atoms with Crippen LogP contribution in [-0.2, 0) is 6.54 Å². The molecule has 0 N–H and O–H groups in total. The summed E-state index contributed by atoms with van der Waals surface area (Å²) in [5.41, 5.74) is 1.45. The maximum atomic E-state index is 2.58. The van der Waals surface area contributed by atoms with Gasteiger partial charge >= 0.3 is 0 Å². The Hall–Kier alpha value is -0.470. The number of rotatable bonds is 4. The van der Waals surface area contributed by atoms with E-state index in [0.717, 1.165) is 12.5 Å². The van der Waals surface area contributed by atoms with Crippen molar-refractivity contribution in [2.75, 3.05) is 25.1 Å². The molecule has 1 aromatic rings. The zero-order valence-corrected chi connectivity index (χ0v) is 10.2. The second-order valence-corrected chi connectivity index (χ2v) is 5.24. The SMILES string of the molecule is CSC[C@@H]1CCN(Cc2ccccc2)C1. The molecule has 0 saturated carbocycles. The molecule has 0 aromatic heterocycles. The molecule has 1 aromatic carbocycles. The summed E-state index contributed by atoms with van der Waals surface area (Å²) in [4.78, 5) is 2.58. The topological polar surface area (TPSA) is 3.24 Å². The molecule has 82 valence electrons. The molecule has 0 amide bonds. The average molecular weight is 221 g/mol. The van der Waals surface area contributed by atoms with Crippen molar-refractivity contribution in [3.8, 4) is 0 Å². The van der Waals surface area contributed by atoms with Crippen LogP contribution in [0.1, 0.15) is 12.0 Å². The third-order valence-electron chi connectivity index (χ3n) is 3.02. The minimum atomic E-state index is 0.920. The van der Waals surface area contributed by atoms with E-state index in [4.69, 9.17) is 0 Å². The van der Waals surface area contributed by atoms with Crippen LogP contribution in [0.25, 0.3) is 0 Å². The molecule has 2 heteroatoms. The standard InChI is InChI=1S/C13H19NS/c1-15-11-13-7-8-14(10-13)9-12-5-3-2-4-6-12/h2-6,13H,7-11H2,1H3/t13-/m1/s1. The van der Waals surface area contributed by atoms with Gasteiger partial charge in [-0.05, 0) is 36.5 Å². The second kappa shape index (κ2) is 5.57. The fourth-order valence-corrected chi connectivity index (χ4v) is 3.01. The molecule has 1 aliphatic rings. The van der Waals surface area contributed by atoms with Gasteiger partial charge in [-0.15, -0.1) is 0 Å². The molecule has 1 atom stereocenters. The normalized spacial score (nSPS) is 22.1. The van der Waals surface area contributed by atoms with Gasteiger partial charge < -0.3 is 0 Å². The molecule has 0 spiro atoms. The molecule has 0 radical (unpaired) electrons. The Morgan fingerprint density at radius 3 is 2.87 bits per heavy atom. The highest BCUT2D eigenvalue weighted by Gasteiger charge is 2.21. The van der Waals surface area contributed by atoms with E-state index < -0.39 is 0 Å². The van der Waals surface area contributed by atoms with Gasteiger partial charge in [-0.25, -0.2) is 0 Å². The summed E-state index contributed by atoms with van der Waals surface area (Å²) < 4.78 is 0. The number of hydrogen-bond acceptors (Lipinski definition) is 2. The molecule has 1 aliphatic heterocycles. The van der Waals surface area contributed by atoms with Gasteiger partial charge in [0.05, 0.1) is 0 Å². The lowest BCUT2D eigenvalue weighted by Gasteiger charge is -2.15. The van der Waals surface area contributed by atoms with Crippen LogP contribution in [0.5, 0.6) is 0 Å². The van der Waals surface area contributed by atoms with Crippen molar-refractivity contribution in [1.82, 2.24) is 4.90 Å². The van der Waals surface area contributed by atoms with Crippen molar-refractivity contribution in [2.24, 2.45) is 5.92 Å². The summed E-state index contributed by atoms with van der Waals surface area (Å²) in [7, 11) is 0. The molecule has 2 rings (SSSR count). The summed E-state index contributed by atoms with van der Waals surface area (Å²) in [5.74, 6) is 2.24. The van der Waals surface area contributed by atoms with Gasteiger partial charge in [-0.1, -0.05) is 30.3 Å². The van der Waals surface area contributed by atoms with E-state index >= 15 is 0 Å². The van der Waals surface area contributed by atoms with E-state index in [0.29, 0.717) is 0 Å². The molecule has 1 saturated heterocycles. The van der Waals surface area contributed by atoms with Gasteiger partial charge in [0.1, 0.15) is 0 Å². The van der Waals surface area contributed by atoms with Gasteiger partial charge in [0.2, 0.25) is 0 Å². The van der Waals surface area contributed by atoms with E-state index in [1.54, 1.807) is 0 Å². The largest absolute Gasteiger partial charge is 0.299 e. The lowest BCUT2D eigenvalue weighted by atomic mass is 10.2. The summed E-state index contributed by atoms with van der Waals surface area (Å²) in [6.45, 7) is 3.70. The van der Waals surface area contributed by atoms with E-state index in [1.165, 1.54) is 30.8 Å². The lowest BCUT2D eigenvalue weighted by Crippen LogP contribution is -2.20. The Balaban J connectivity index is 1.82. The first-order valence-corrected chi connectivity index (χ1v) is 7.03. The molecule has 0 bridgehead atoms. The fourth-order valence-electron chi connectivity index (χ4n) is 2.27. The Bertz CT molecular complexity index is 286. The Morgan fingerprint density at radius 2 is 2.13 bits per heavy atom. The molecule has 1 fully saturated rings. The van der Waals surface area contributed by atoms with Crippen molar-refractivity contribution < 1.29 is 0 Å². The molecular formula is C13H19NS. The van der Waals surface area contributed by atoms with Crippen molar-refractivity contribution in [3.05, 3.63) is 35.9 Å². The molecule has 1 heterocycles. The Kier molecular flexibility index (Phi) is 4.09. The minimum absolute atomic E-state index is 0.920. The summed E-state index contributed by atoms with van der Waals surface area (Å²) in [6, 6.07) is 10.8. The van der Waals surface area contributed by atoms with Gasteiger partial charge in [0.25, 0.3) is 0 Å². The van der Waals surface area contributed by atoms with Crippen LogP contribution < -0.4 is 0 Å². The van der Waals surface area contributed by atoms with Crippen LogP contribution in [0.3, 0.4) is 0 Å². The summed E-state index contributed by atoms with van der Waals surface area (Å²) in [6.07, 6.45) is 3.59. The third kappa shape index (κ3) is 3.25. The van der Waals surface area contributed by atoms with Crippen LogP contribution >= 0.6 is 11.8 Å². The van der Waals surface area contributed by atoms with E-state index in [9.17, 15) is 0 Å². The van der Waals surface area contributed by atoms with Crippen molar-refractivity contribution in [2.45, 2.75) is 13.0 Å². The number of nitrogens with zero attached hydrogens (tertiary/aromatic N) is 1. The molecular weight excluding hydrogens is 202 g/mol. The Morgan fingerprint density at radius 1 is 1.33 bits per heavy atom. The molecule has 0 aliphatic carbocycles. The number of likely N-dealkylation sites (tertiary alicyclic amines) is 1. The van der Waals surface area contributed by atoms with Crippen LogP contribution in [0, 0.1) is 5.92 Å². The Labute approximate surface area is 96.9 Å². The first-order valence-electron chi connectivity index (χ1n) is 5.63. The maximum Gasteiger partial charge on any atom is 0.0233 e. The number of hydrogen-bond donors (Lipinski definition) is 0. The fraction of sp³-hybridized carbons (Fsp3) is 0.538. The molecule has 0 unspecified atom stereocenters. The van der Waals surface area contributed by atoms with E-state index in [1.807, 2.05) is 11.8 Å². The van der Waals surface area contributed by atoms with Gasteiger partial charge in [-0.3, -0.25) is 4.90 Å². The predicted molar refractivity (Wildman–Crippen MR) is 68.2 cm³/mol. The van der Waals surface area contributed by atoms with Crippen LogP contribution in [-0.4, -0.2) is 30.0 Å². The van der Waals surface area contributed by atoms with Gasteiger partial charge in [0.15, 0.2) is 0 Å². The van der Waals surface area contributed by atoms with E-state index in [2.05, 4.69) is 41.5 Å². The first-order chi connectivity index (χ1) is 7.38. The van der Waals surface area contributed by atoms with Crippen molar-refractivity contribution in [3.63, 3.8) is 0 Å². The van der Waals surface area contributed by atoms with Crippen LogP contribution in [0.15, 0.2) is 30.3 Å². The zero-order chi connectivity index (χ0) is 10.5. The molecule has 1 nitrogen and oxygen atoms in total. The smallest absolute Gasteiger partial charge is 0.0233 e. The highest BCUT2D eigenvalue weighted by molar-refractivity contribution is 7.98. The average Bonchev–Trinajstić information content (AvgIpc) is 2.68. The van der Waals surface area contributed by atoms with E-state index in [-0.39, 0.29) is 0 Å². The van der Waals surface area contributed by atoms with Crippen molar-refractivity contribution in [1.29, 1.82) is 0 Å². The number of thioether (sulfide) groups is 1. The minimum Gasteiger partial charge on any atom is -0.299 e. The zero-order valence-electron chi connectivity index (χ0n) is 9.36. The first kappa shape index (κ1) is 11.0.